The summed E-state index contributed by atoms with van der Waals surface area (Å²) in [5, 5.41) is 12.8. The molecule has 1 aromatic rings. The Kier molecular flexibility index (Phi) is 5.75. The summed E-state index contributed by atoms with van der Waals surface area (Å²) in [7, 11) is 0. The highest BCUT2D eigenvalue weighted by molar-refractivity contribution is 9.11. The number of rotatable bonds is 3. The number of allylic oxidation sites excluding steroid dienone is 1. The molecule has 0 atom stereocenters. The van der Waals surface area contributed by atoms with E-state index >= 15 is 0 Å². The number of amides is 1. The summed E-state index contributed by atoms with van der Waals surface area (Å²) in [4.78, 5) is 14.4. The molecule has 1 amide bonds. The zero-order valence-corrected chi connectivity index (χ0v) is 16.8. The normalized spacial score (nSPS) is 14.6. The fourth-order valence-corrected chi connectivity index (χ4v) is 3.13. The minimum atomic E-state index is -0.542. The highest BCUT2D eigenvalue weighted by atomic mass is 79.9. The van der Waals surface area contributed by atoms with Crippen LogP contribution in [-0.2, 0) is 11.2 Å². The molecule has 0 unspecified atom stereocenters. The van der Waals surface area contributed by atoms with Gasteiger partial charge in [0.2, 0.25) is 5.91 Å². The number of phenolic OH excluding ortho intramolecular Hbond substituents is 1. The number of carbonyl (C=O) groups is 1. The molecule has 0 radical (unpaired) electrons. The number of benzene rings is 1. The van der Waals surface area contributed by atoms with Crippen LogP contribution in [0.4, 0.5) is 4.39 Å². The molecule has 0 saturated heterocycles. The van der Waals surface area contributed by atoms with Crippen molar-refractivity contribution in [3.63, 3.8) is 0 Å². The SMILES string of the molecule is CC(C)(C)N1C=CC(NC(=O)Cc2c(O)c(Br)cc(F)c2Br)=CC1. The summed E-state index contributed by atoms with van der Waals surface area (Å²) < 4.78 is 14.0. The Morgan fingerprint density at radius 3 is 2.62 bits per heavy atom. The third-order valence-electron chi connectivity index (χ3n) is 3.66. The Labute approximate surface area is 157 Å². The maximum absolute atomic E-state index is 13.7. The Hall–Kier alpha value is -1.34. The largest absolute Gasteiger partial charge is 0.506 e. The number of nitrogens with zero attached hydrogens (tertiary/aromatic N) is 1. The second-order valence-electron chi connectivity index (χ2n) is 6.50. The van der Waals surface area contributed by atoms with E-state index in [1.54, 1.807) is 0 Å². The first-order valence-electron chi connectivity index (χ1n) is 7.40. The molecule has 1 aliphatic rings. The fourth-order valence-electron chi connectivity index (χ4n) is 2.25. The molecule has 0 spiro atoms. The zero-order chi connectivity index (χ0) is 18.1. The monoisotopic (exact) mass is 460 g/mol. The molecule has 1 heterocycles. The molecule has 4 nitrogen and oxygen atoms in total. The summed E-state index contributed by atoms with van der Waals surface area (Å²) in [6, 6.07) is 1.15. The Balaban J connectivity index is 2.06. The van der Waals surface area contributed by atoms with E-state index in [1.807, 2.05) is 18.4 Å². The minimum absolute atomic E-state index is 0.00698. The second-order valence-corrected chi connectivity index (χ2v) is 8.15. The van der Waals surface area contributed by atoms with Crippen LogP contribution in [0.25, 0.3) is 0 Å². The van der Waals surface area contributed by atoms with E-state index in [9.17, 15) is 14.3 Å². The van der Waals surface area contributed by atoms with Gasteiger partial charge in [-0.25, -0.2) is 4.39 Å². The minimum Gasteiger partial charge on any atom is -0.506 e. The Bertz CT molecular complexity index is 698. The van der Waals surface area contributed by atoms with Crippen LogP contribution in [0.2, 0.25) is 0 Å². The predicted octanol–water partition coefficient (Wildman–Crippen LogP) is 4.23. The standard InChI is InChI=1S/C17H19Br2FN2O2/c1-17(2,3)22-6-4-10(5-7-22)21-14(23)8-11-15(19)13(20)9-12(18)16(11)24/h4-6,9,24H,7-8H2,1-3H3,(H,21,23). The van der Waals surface area contributed by atoms with Gasteiger partial charge in [0.05, 0.1) is 15.4 Å². The molecule has 0 saturated carbocycles. The molecule has 2 N–H and O–H groups in total. The fraction of sp³-hybridized carbons (Fsp3) is 0.353. The van der Waals surface area contributed by atoms with Crippen LogP contribution in [0.5, 0.6) is 5.75 Å². The van der Waals surface area contributed by atoms with Crippen LogP contribution in [-0.4, -0.2) is 28.0 Å². The smallest absolute Gasteiger partial charge is 0.228 e. The lowest BCUT2D eigenvalue weighted by atomic mass is 10.1. The molecule has 1 aromatic carbocycles. The summed E-state index contributed by atoms with van der Waals surface area (Å²) in [5.74, 6) is -1.02. The molecule has 0 bridgehead atoms. The van der Waals surface area contributed by atoms with Gasteiger partial charge in [-0.15, -0.1) is 0 Å². The molecular weight excluding hydrogens is 443 g/mol. The van der Waals surface area contributed by atoms with E-state index in [0.29, 0.717) is 12.2 Å². The number of hydrogen-bond acceptors (Lipinski definition) is 3. The first-order valence-corrected chi connectivity index (χ1v) is 8.98. The number of phenols is 1. The lowest BCUT2D eigenvalue weighted by Crippen LogP contribution is -2.39. The highest BCUT2D eigenvalue weighted by Gasteiger charge is 2.21. The van der Waals surface area contributed by atoms with Gasteiger partial charge in [-0.3, -0.25) is 4.79 Å². The Morgan fingerprint density at radius 2 is 2.08 bits per heavy atom. The first-order chi connectivity index (χ1) is 11.1. The van der Waals surface area contributed by atoms with Crippen molar-refractivity contribution in [3.8, 4) is 5.75 Å². The van der Waals surface area contributed by atoms with Crippen LogP contribution < -0.4 is 5.32 Å². The third-order valence-corrected chi connectivity index (χ3v) is 5.13. The van der Waals surface area contributed by atoms with Gasteiger partial charge in [0.15, 0.2) is 0 Å². The van der Waals surface area contributed by atoms with Crippen molar-refractivity contribution in [2.24, 2.45) is 0 Å². The number of aromatic hydroxyl groups is 1. The van der Waals surface area contributed by atoms with Crippen molar-refractivity contribution < 1.29 is 14.3 Å². The van der Waals surface area contributed by atoms with E-state index in [2.05, 4.69) is 62.8 Å². The molecule has 1 aliphatic heterocycles. The lowest BCUT2D eigenvalue weighted by Gasteiger charge is -2.35. The Morgan fingerprint density at radius 1 is 1.42 bits per heavy atom. The number of carbonyl (C=O) groups excluding carboxylic acids is 1. The molecule has 0 aromatic heterocycles. The molecule has 7 heteroatoms. The predicted molar refractivity (Wildman–Crippen MR) is 99.0 cm³/mol. The summed E-state index contributed by atoms with van der Waals surface area (Å²) in [5.41, 5.74) is 0.898. The van der Waals surface area contributed by atoms with Crippen LogP contribution in [0, 0.1) is 5.82 Å². The van der Waals surface area contributed by atoms with Gasteiger partial charge >= 0.3 is 0 Å². The van der Waals surface area contributed by atoms with E-state index in [-0.39, 0.29) is 38.1 Å². The molecular formula is C17H19Br2FN2O2. The molecule has 24 heavy (non-hydrogen) atoms. The van der Waals surface area contributed by atoms with E-state index in [0.717, 1.165) is 6.07 Å². The number of hydrogen-bond donors (Lipinski definition) is 2. The average molecular weight is 462 g/mol. The molecule has 0 aliphatic carbocycles. The van der Waals surface area contributed by atoms with Crippen molar-refractivity contribution >= 4 is 37.8 Å². The van der Waals surface area contributed by atoms with Gasteiger partial charge in [-0.2, -0.15) is 0 Å². The van der Waals surface area contributed by atoms with Crippen LogP contribution in [0.1, 0.15) is 26.3 Å². The van der Waals surface area contributed by atoms with E-state index in [4.69, 9.17) is 0 Å². The molecule has 0 fully saturated rings. The average Bonchev–Trinajstić information content (AvgIpc) is 2.49. The molecule has 2 rings (SSSR count). The third kappa shape index (κ3) is 4.39. The van der Waals surface area contributed by atoms with Crippen molar-refractivity contribution in [2.75, 3.05) is 6.54 Å². The highest BCUT2D eigenvalue weighted by Crippen LogP contribution is 2.35. The van der Waals surface area contributed by atoms with Crippen molar-refractivity contribution in [2.45, 2.75) is 32.7 Å². The van der Waals surface area contributed by atoms with Gasteiger partial charge in [0.1, 0.15) is 11.6 Å². The van der Waals surface area contributed by atoms with Crippen molar-refractivity contribution in [3.05, 3.63) is 50.4 Å². The summed E-state index contributed by atoms with van der Waals surface area (Å²) in [6.45, 7) is 7.01. The van der Waals surface area contributed by atoms with Crippen molar-refractivity contribution in [1.82, 2.24) is 10.2 Å². The van der Waals surface area contributed by atoms with Crippen LogP contribution >= 0.6 is 31.9 Å². The topological polar surface area (TPSA) is 52.6 Å². The van der Waals surface area contributed by atoms with Crippen LogP contribution in [0.3, 0.4) is 0 Å². The number of halogens is 3. The lowest BCUT2D eigenvalue weighted by molar-refractivity contribution is -0.119. The molecule has 130 valence electrons. The maximum Gasteiger partial charge on any atom is 0.228 e. The van der Waals surface area contributed by atoms with E-state index < -0.39 is 5.82 Å². The quantitative estimate of drug-likeness (QED) is 0.662. The summed E-state index contributed by atoms with van der Waals surface area (Å²) in [6.07, 6.45) is 5.53. The van der Waals surface area contributed by atoms with Crippen molar-refractivity contribution in [1.29, 1.82) is 0 Å². The van der Waals surface area contributed by atoms with Gasteiger partial charge < -0.3 is 15.3 Å². The van der Waals surface area contributed by atoms with Gasteiger partial charge in [0.25, 0.3) is 0 Å². The summed E-state index contributed by atoms with van der Waals surface area (Å²) >= 11 is 6.15. The first kappa shape index (κ1) is 19.0. The maximum atomic E-state index is 13.7. The van der Waals surface area contributed by atoms with Gasteiger partial charge in [0, 0.05) is 29.5 Å². The number of nitrogens with one attached hydrogen (secondary N) is 1. The zero-order valence-electron chi connectivity index (χ0n) is 13.7. The van der Waals surface area contributed by atoms with E-state index in [1.165, 1.54) is 0 Å². The van der Waals surface area contributed by atoms with Crippen LogP contribution in [0.15, 0.2) is 39.1 Å². The van der Waals surface area contributed by atoms with Gasteiger partial charge in [-0.1, -0.05) is 0 Å². The van der Waals surface area contributed by atoms with Gasteiger partial charge in [-0.05, 0) is 70.8 Å². The second kappa shape index (κ2) is 7.27.